The Morgan fingerprint density at radius 2 is 2.28 bits per heavy atom. The molecule has 2 atom stereocenters. The van der Waals surface area contributed by atoms with E-state index in [2.05, 4.69) is 10.9 Å². The number of carbonyl (C=O) groups is 1. The lowest BCUT2D eigenvalue weighted by Gasteiger charge is -2.27. The van der Waals surface area contributed by atoms with E-state index in [-0.39, 0.29) is 18.1 Å². The summed E-state index contributed by atoms with van der Waals surface area (Å²) in [7, 11) is 0. The predicted octanol–water partition coefficient (Wildman–Crippen LogP) is 2.22. The number of aliphatic imine (C=N–C) groups is 1. The number of terminal acetylenes is 1. The van der Waals surface area contributed by atoms with Gasteiger partial charge in [-0.05, 0) is 32.4 Å². The van der Waals surface area contributed by atoms with Gasteiger partial charge in [0.1, 0.15) is 11.9 Å². The Hall–Kier alpha value is -1.80. The van der Waals surface area contributed by atoms with Gasteiger partial charge in [-0.2, -0.15) is 4.99 Å². The number of thiophene rings is 1. The lowest BCUT2D eigenvalue weighted by Crippen LogP contribution is -2.39. The summed E-state index contributed by atoms with van der Waals surface area (Å²) >= 11 is 1.68. The zero-order chi connectivity index (χ0) is 13.4. The molecule has 1 aromatic heterocycles. The van der Waals surface area contributed by atoms with E-state index in [4.69, 9.17) is 12.2 Å². The molecule has 0 fully saturated rings. The summed E-state index contributed by atoms with van der Waals surface area (Å²) < 4.78 is 0. The van der Waals surface area contributed by atoms with Gasteiger partial charge in [-0.1, -0.05) is 5.92 Å². The Labute approximate surface area is 111 Å². The van der Waals surface area contributed by atoms with E-state index in [9.17, 15) is 4.79 Å². The van der Waals surface area contributed by atoms with E-state index in [1.807, 2.05) is 19.9 Å². The third kappa shape index (κ3) is 1.89. The summed E-state index contributed by atoms with van der Waals surface area (Å²) in [6.45, 7) is 5.84. The third-order valence-electron chi connectivity index (χ3n) is 3.04. The molecule has 0 saturated heterocycles. The molecule has 0 spiro atoms. The molecule has 2 rings (SSSR count). The average Bonchev–Trinajstić information content (AvgIpc) is 2.77. The Morgan fingerprint density at radius 1 is 1.61 bits per heavy atom. The van der Waals surface area contributed by atoms with Crippen LogP contribution in [0.15, 0.2) is 11.1 Å². The highest BCUT2D eigenvalue weighted by Crippen LogP contribution is 2.34. The number of nitrogens with two attached hydrogens (primary N) is 1. The van der Waals surface area contributed by atoms with Crippen LogP contribution in [-0.4, -0.2) is 22.8 Å². The van der Waals surface area contributed by atoms with E-state index in [1.165, 1.54) is 4.88 Å². The highest BCUT2D eigenvalue weighted by Gasteiger charge is 2.38. The average molecular weight is 261 g/mol. The summed E-state index contributed by atoms with van der Waals surface area (Å²) in [5.41, 5.74) is 6.91. The highest BCUT2D eigenvalue weighted by atomic mass is 32.1. The van der Waals surface area contributed by atoms with Gasteiger partial charge < -0.3 is 5.73 Å². The summed E-state index contributed by atoms with van der Waals surface area (Å²) in [4.78, 5) is 19.6. The fourth-order valence-electron chi connectivity index (χ4n) is 2.18. The van der Waals surface area contributed by atoms with Crippen LogP contribution in [0, 0.1) is 26.2 Å². The number of nitrogens with zero attached hydrogens (tertiary/aromatic N) is 2. The first-order valence-corrected chi connectivity index (χ1v) is 6.46. The number of hydrogen-bond donors (Lipinski definition) is 1. The molecule has 94 valence electrons. The maximum absolute atomic E-state index is 11.9. The van der Waals surface area contributed by atoms with Crippen molar-refractivity contribution in [3.63, 3.8) is 0 Å². The molecule has 0 aliphatic carbocycles. The van der Waals surface area contributed by atoms with Crippen LogP contribution >= 0.6 is 11.3 Å². The second-order valence-corrected chi connectivity index (χ2v) is 5.80. The minimum Gasteiger partial charge on any atom is -0.385 e. The lowest BCUT2D eigenvalue weighted by molar-refractivity contribution is 0.199. The van der Waals surface area contributed by atoms with E-state index in [0.29, 0.717) is 5.84 Å². The molecule has 4 nitrogen and oxygen atoms in total. The van der Waals surface area contributed by atoms with E-state index >= 15 is 0 Å². The molecule has 2 unspecified atom stereocenters. The fourth-order valence-corrected chi connectivity index (χ4v) is 3.14. The van der Waals surface area contributed by atoms with Gasteiger partial charge in [0.2, 0.25) is 0 Å². The van der Waals surface area contributed by atoms with Crippen molar-refractivity contribution < 1.29 is 4.79 Å². The van der Waals surface area contributed by atoms with Crippen molar-refractivity contribution >= 4 is 23.2 Å². The normalized spacial score (nSPS) is 20.8. The summed E-state index contributed by atoms with van der Waals surface area (Å²) in [5, 5.41) is 0. The second-order valence-electron chi connectivity index (χ2n) is 4.34. The smallest absolute Gasteiger partial charge is 0.347 e. The van der Waals surface area contributed by atoms with Gasteiger partial charge in [0.15, 0.2) is 0 Å². The first kappa shape index (κ1) is 12.7. The highest BCUT2D eigenvalue weighted by molar-refractivity contribution is 7.12. The third-order valence-corrected chi connectivity index (χ3v) is 4.02. The van der Waals surface area contributed by atoms with Gasteiger partial charge in [0, 0.05) is 9.75 Å². The second kappa shape index (κ2) is 4.46. The molecular weight excluding hydrogens is 246 g/mol. The number of rotatable bonds is 2. The molecule has 0 radical (unpaired) electrons. The molecule has 1 aromatic rings. The van der Waals surface area contributed by atoms with Crippen molar-refractivity contribution in [3.8, 4) is 12.3 Å². The number of carbonyl (C=O) groups excluding carboxylic acids is 1. The quantitative estimate of drug-likeness (QED) is 0.830. The van der Waals surface area contributed by atoms with Gasteiger partial charge in [-0.25, -0.2) is 4.79 Å². The van der Waals surface area contributed by atoms with Crippen LogP contribution in [0.2, 0.25) is 0 Å². The van der Waals surface area contributed by atoms with E-state index < -0.39 is 0 Å². The minimum atomic E-state index is -0.355. The molecule has 0 saturated carbocycles. The Morgan fingerprint density at radius 3 is 2.78 bits per heavy atom. The van der Waals surface area contributed by atoms with Crippen LogP contribution in [0.3, 0.4) is 0 Å². The van der Waals surface area contributed by atoms with E-state index in [1.54, 1.807) is 23.2 Å². The lowest BCUT2D eigenvalue weighted by atomic mass is 10.0. The standard InChI is InChI=1S/C13H15N3OS/c1-5-7(2)16-11(12(14)15-13(16)17)10-6-8(3)18-9(10)4/h1,6-7,11H,2-4H3,(H2,14,15,17). The fraction of sp³-hybridized carbons (Fsp3) is 0.385. The Bertz CT molecular complexity index is 567. The largest absolute Gasteiger partial charge is 0.385 e. The van der Waals surface area contributed by atoms with Gasteiger partial charge in [-0.15, -0.1) is 17.8 Å². The van der Waals surface area contributed by atoms with Gasteiger partial charge in [0.05, 0.1) is 6.04 Å². The van der Waals surface area contributed by atoms with Gasteiger partial charge in [-0.3, -0.25) is 4.90 Å². The monoisotopic (exact) mass is 261 g/mol. The topological polar surface area (TPSA) is 58.7 Å². The molecule has 18 heavy (non-hydrogen) atoms. The van der Waals surface area contributed by atoms with Gasteiger partial charge >= 0.3 is 6.03 Å². The summed E-state index contributed by atoms with van der Waals surface area (Å²) in [5.74, 6) is 2.89. The minimum absolute atomic E-state index is 0.322. The van der Waals surface area contributed by atoms with Crippen LogP contribution in [0.5, 0.6) is 0 Å². The number of aryl methyl sites for hydroxylation is 2. The summed E-state index contributed by atoms with van der Waals surface area (Å²) in [6.07, 6.45) is 5.41. The molecule has 2 N–H and O–H groups in total. The number of amidine groups is 1. The van der Waals surface area contributed by atoms with Crippen LogP contribution in [0.4, 0.5) is 4.79 Å². The van der Waals surface area contributed by atoms with Crippen molar-refractivity contribution in [1.29, 1.82) is 0 Å². The molecule has 2 amide bonds. The van der Waals surface area contributed by atoms with Crippen LogP contribution in [0.1, 0.15) is 28.3 Å². The molecule has 0 bridgehead atoms. The first-order valence-electron chi connectivity index (χ1n) is 5.65. The number of amides is 2. The first-order chi connectivity index (χ1) is 8.45. The maximum atomic E-state index is 11.9. The van der Waals surface area contributed by atoms with Crippen molar-refractivity contribution in [2.45, 2.75) is 32.9 Å². The van der Waals surface area contributed by atoms with Crippen molar-refractivity contribution in [3.05, 3.63) is 21.4 Å². The predicted molar refractivity (Wildman–Crippen MR) is 73.7 cm³/mol. The molecule has 0 aromatic carbocycles. The van der Waals surface area contributed by atoms with Crippen molar-refractivity contribution in [2.24, 2.45) is 10.7 Å². The molecule has 1 aliphatic heterocycles. The Kier molecular flexibility index (Phi) is 3.14. The van der Waals surface area contributed by atoms with E-state index in [0.717, 1.165) is 10.4 Å². The maximum Gasteiger partial charge on any atom is 0.347 e. The molecule has 5 heteroatoms. The zero-order valence-electron chi connectivity index (χ0n) is 10.6. The molecular formula is C13H15N3OS. The molecule has 2 heterocycles. The SMILES string of the molecule is C#CC(C)N1C(=O)N=C(N)C1c1cc(C)sc1C. The van der Waals surface area contributed by atoms with Crippen molar-refractivity contribution in [1.82, 2.24) is 4.90 Å². The molecule has 1 aliphatic rings. The zero-order valence-corrected chi connectivity index (χ0v) is 11.4. The van der Waals surface area contributed by atoms with Crippen LogP contribution in [-0.2, 0) is 0 Å². The summed E-state index contributed by atoms with van der Waals surface area (Å²) in [6, 6.07) is 1.04. The van der Waals surface area contributed by atoms with Crippen molar-refractivity contribution in [2.75, 3.05) is 0 Å². The Balaban J connectivity index is 2.47. The number of urea groups is 1. The van der Waals surface area contributed by atoms with Gasteiger partial charge in [0.25, 0.3) is 0 Å². The number of hydrogen-bond acceptors (Lipinski definition) is 3. The van der Waals surface area contributed by atoms with Crippen LogP contribution < -0.4 is 5.73 Å². The van der Waals surface area contributed by atoms with Crippen LogP contribution in [0.25, 0.3) is 0 Å².